The Morgan fingerprint density at radius 2 is 1.89 bits per heavy atom. The predicted octanol–water partition coefficient (Wildman–Crippen LogP) is 3.33. The molecule has 0 fully saturated rings. The van der Waals surface area contributed by atoms with Gasteiger partial charge >= 0.3 is 0 Å². The lowest BCUT2D eigenvalue weighted by Gasteiger charge is -2.10. The van der Waals surface area contributed by atoms with Crippen LogP contribution < -0.4 is 20.1 Å². The third-order valence-electron chi connectivity index (χ3n) is 4.26. The number of nitrogens with zero attached hydrogens (tertiary/aromatic N) is 2. The van der Waals surface area contributed by atoms with Crippen LogP contribution in [0.3, 0.4) is 0 Å². The third kappa shape index (κ3) is 4.25. The van der Waals surface area contributed by atoms with E-state index in [0.717, 1.165) is 40.6 Å². The van der Waals surface area contributed by atoms with Crippen molar-refractivity contribution in [2.45, 2.75) is 20.0 Å². The van der Waals surface area contributed by atoms with E-state index in [1.54, 1.807) is 0 Å². The standard InChI is InChI=1S/C21H22N4O3/c1-2-22-21(23-12-15-8-9-18-20(10-15)27-14-26-18)24-13-17-11-19(28-25-17)16-6-4-3-5-7-16/h3-11H,2,12-14H2,1H3,(H2,22,23,24). The Morgan fingerprint density at radius 3 is 2.75 bits per heavy atom. The largest absolute Gasteiger partial charge is 0.454 e. The van der Waals surface area contributed by atoms with E-state index in [1.807, 2.05) is 61.5 Å². The smallest absolute Gasteiger partial charge is 0.231 e. The van der Waals surface area contributed by atoms with Gasteiger partial charge in [-0.05, 0) is 24.6 Å². The summed E-state index contributed by atoms with van der Waals surface area (Å²) in [4.78, 5) is 4.63. The van der Waals surface area contributed by atoms with Crippen molar-refractivity contribution in [1.82, 2.24) is 15.8 Å². The van der Waals surface area contributed by atoms with Crippen molar-refractivity contribution in [3.05, 3.63) is 65.9 Å². The van der Waals surface area contributed by atoms with E-state index in [1.165, 1.54) is 0 Å². The van der Waals surface area contributed by atoms with Gasteiger partial charge in [0, 0.05) is 18.2 Å². The highest BCUT2D eigenvalue weighted by Gasteiger charge is 2.13. The van der Waals surface area contributed by atoms with Crippen molar-refractivity contribution in [3.8, 4) is 22.8 Å². The van der Waals surface area contributed by atoms with Crippen LogP contribution in [0.4, 0.5) is 0 Å². The Labute approximate surface area is 163 Å². The minimum Gasteiger partial charge on any atom is -0.454 e. The minimum absolute atomic E-state index is 0.273. The number of hydrogen-bond acceptors (Lipinski definition) is 5. The fraction of sp³-hybridized carbons (Fsp3) is 0.238. The average Bonchev–Trinajstić information content (AvgIpc) is 3.40. The summed E-state index contributed by atoms with van der Waals surface area (Å²) in [5, 5.41) is 10.7. The fourth-order valence-corrected chi connectivity index (χ4v) is 2.86. The second-order valence-corrected chi connectivity index (χ2v) is 6.28. The number of ether oxygens (including phenoxy) is 2. The highest BCUT2D eigenvalue weighted by Crippen LogP contribution is 2.32. The Balaban J connectivity index is 1.38. The second kappa shape index (κ2) is 8.47. The zero-order chi connectivity index (χ0) is 19.2. The van der Waals surface area contributed by atoms with Gasteiger partial charge in [-0.3, -0.25) is 0 Å². The Bertz CT molecular complexity index is 953. The van der Waals surface area contributed by atoms with Gasteiger partial charge in [0.15, 0.2) is 23.2 Å². The zero-order valence-electron chi connectivity index (χ0n) is 15.6. The first-order chi connectivity index (χ1) is 13.8. The molecule has 28 heavy (non-hydrogen) atoms. The van der Waals surface area contributed by atoms with Gasteiger partial charge in [-0.1, -0.05) is 41.6 Å². The number of aromatic nitrogens is 1. The molecule has 144 valence electrons. The minimum atomic E-state index is 0.273. The number of benzene rings is 2. The summed E-state index contributed by atoms with van der Waals surface area (Å²) in [5.74, 6) is 3.00. The zero-order valence-corrected chi connectivity index (χ0v) is 15.6. The maximum Gasteiger partial charge on any atom is 0.231 e. The summed E-state index contributed by atoms with van der Waals surface area (Å²) in [6.07, 6.45) is 0. The molecule has 0 aliphatic carbocycles. The Morgan fingerprint density at radius 1 is 1.04 bits per heavy atom. The van der Waals surface area contributed by atoms with Gasteiger partial charge in [-0.2, -0.15) is 0 Å². The topological polar surface area (TPSA) is 80.9 Å². The van der Waals surface area contributed by atoms with Gasteiger partial charge < -0.3 is 24.6 Å². The molecule has 7 heteroatoms. The average molecular weight is 378 g/mol. The van der Waals surface area contributed by atoms with Crippen LogP contribution in [0.15, 0.2) is 64.1 Å². The molecule has 0 spiro atoms. The number of hydrogen-bond donors (Lipinski definition) is 2. The molecule has 0 saturated carbocycles. The van der Waals surface area contributed by atoms with Crippen molar-refractivity contribution in [3.63, 3.8) is 0 Å². The van der Waals surface area contributed by atoms with Crippen LogP contribution in [-0.2, 0) is 13.1 Å². The molecular weight excluding hydrogens is 356 g/mol. The van der Waals surface area contributed by atoms with E-state index in [-0.39, 0.29) is 6.79 Å². The molecule has 0 bridgehead atoms. The quantitative estimate of drug-likeness (QED) is 0.506. The monoisotopic (exact) mass is 378 g/mol. The third-order valence-corrected chi connectivity index (χ3v) is 4.26. The van der Waals surface area contributed by atoms with Crippen LogP contribution in [0.25, 0.3) is 11.3 Å². The lowest BCUT2D eigenvalue weighted by Crippen LogP contribution is -2.36. The van der Waals surface area contributed by atoms with Crippen molar-refractivity contribution in [1.29, 1.82) is 0 Å². The molecule has 7 nitrogen and oxygen atoms in total. The first-order valence-electron chi connectivity index (χ1n) is 9.23. The fourth-order valence-electron chi connectivity index (χ4n) is 2.86. The molecule has 0 unspecified atom stereocenters. The van der Waals surface area contributed by atoms with E-state index in [4.69, 9.17) is 14.0 Å². The van der Waals surface area contributed by atoms with Crippen molar-refractivity contribution in [2.24, 2.45) is 4.99 Å². The van der Waals surface area contributed by atoms with Gasteiger partial charge in [0.05, 0.1) is 13.1 Å². The number of fused-ring (bicyclic) bond motifs is 1. The molecule has 3 aromatic rings. The SMILES string of the molecule is CCNC(=NCc1ccc2c(c1)OCO2)NCc1cc(-c2ccccc2)on1. The van der Waals surface area contributed by atoms with Crippen molar-refractivity contribution >= 4 is 5.96 Å². The van der Waals surface area contributed by atoms with Gasteiger partial charge in [0.1, 0.15) is 5.69 Å². The molecule has 1 aliphatic rings. The summed E-state index contributed by atoms with van der Waals surface area (Å²) in [6, 6.07) is 17.7. The molecule has 1 aliphatic heterocycles. The van der Waals surface area contributed by atoms with Gasteiger partial charge in [-0.15, -0.1) is 0 Å². The molecule has 2 heterocycles. The summed E-state index contributed by atoms with van der Waals surface area (Å²) in [7, 11) is 0. The van der Waals surface area contributed by atoms with E-state index in [0.29, 0.717) is 19.0 Å². The van der Waals surface area contributed by atoms with Crippen molar-refractivity contribution < 1.29 is 14.0 Å². The highest BCUT2D eigenvalue weighted by molar-refractivity contribution is 5.79. The second-order valence-electron chi connectivity index (χ2n) is 6.28. The summed E-state index contributed by atoms with van der Waals surface area (Å²) in [6.45, 7) is 4.11. The molecular formula is C21H22N4O3. The van der Waals surface area contributed by atoms with Crippen LogP contribution in [0.5, 0.6) is 11.5 Å². The Hall–Kier alpha value is -3.48. The normalized spacial score (nSPS) is 12.8. The maximum absolute atomic E-state index is 5.44. The van der Waals surface area contributed by atoms with Crippen LogP contribution in [0.1, 0.15) is 18.2 Å². The van der Waals surface area contributed by atoms with E-state index >= 15 is 0 Å². The molecule has 1 aromatic heterocycles. The van der Waals surface area contributed by atoms with Crippen molar-refractivity contribution in [2.75, 3.05) is 13.3 Å². The first kappa shape index (κ1) is 17.9. The maximum atomic E-state index is 5.44. The van der Waals surface area contributed by atoms with Gasteiger partial charge in [-0.25, -0.2) is 4.99 Å². The first-order valence-corrected chi connectivity index (χ1v) is 9.23. The molecule has 2 N–H and O–H groups in total. The summed E-state index contributed by atoms with van der Waals surface area (Å²) < 4.78 is 16.2. The molecule has 0 radical (unpaired) electrons. The molecule has 4 rings (SSSR count). The van der Waals surface area contributed by atoms with Crippen LogP contribution in [-0.4, -0.2) is 24.5 Å². The number of nitrogens with one attached hydrogen (secondary N) is 2. The Kier molecular flexibility index (Phi) is 5.42. The number of rotatable bonds is 6. The molecule has 0 amide bonds. The van der Waals surface area contributed by atoms with E-state index in [9.17, 15) is 0 Å². The summed E-state index contributed by atoms with van der Waals surface area (Å²) in [5.41, 5.74) is 2.87. The number of aliphatic imine (C=N–C) groups is 1. The van der Waals surface area contributed by atoms with Crippen LogP contribution in [0.2, 0.25) is 0 Å². The van der Waals surface area contributed by atoms with Crippen LogP contribution in [0, 0.1) is 0 Å². The lowest BCUT2D eigenvalue weighted by atomic mass is 10.2. The molecule has 0 atom stereocenters. The lowest BCUT2D eigenvalue weighted by molar-refractivity contribution is 0.174. The summed E-state index contributed by atoms with van der Waals surface area (Å²) >= 11 is 0. The van der Waals surface area contributed by atoms with E-state index < -0.39 is 0 Å². The molecule has 2 aromatic carbocycles. The predicted molar refractivity (Wildman–Crippen MR) is 106 cm³/mol. The van der Waals surface area contributed by atoms with Gasteiger partial charge in [0.25, 0.3) is 0 Å². The van der Waals surface area contributed by atoms with Crippen LogP contribution >= 0.6 is 0 Å². The van der Waals surface area contributed by atoms with Gasteiger partial charge in [0.2, 0.25) is 6.79 Å². The highest BCUT2D eigenvalue weighted by atomic mass is 16.7. The molecule has 0 saturated heterocycles. The van der Waals surface area contributed by atoms with E-state index in [2.05, 4.69) is 20.8 Å². The number of guanidine groups is 1.